The maximum atomic E-state index is 5.71. The third kappa shape index (κ3) is 2.98. The summed E-state index contributed by atoms with van der Waals surface area (Å²) in [5.41, 5.74) is 2.55. The number of nitrogens with one attached hydrogen (secondary N) is 1. The fraction of sp³-hybridized carbons (Fsp3) is 0.714. The molecule has 0 aromatic carbocycles. The molecular formula is C14H22N2OS. The second-order valence-electron chi connectivity index (χ2n) is 4.80. The molecule has 0 fully saturated rings. The molecule has 0 saturated heterocycles. The van der Waals surface area contributed by atoms with Crippen LogP contribution in [0.5, 0.6) is 0 Å². The molecular weight excluding hydrogens is 244 g/mol. The van der Waals surface area contributed by atoms with Crippen molar-refractivity contribution in [3.8, 4) is 0 Å². The Bertz CT molecular complexity index is 456. The molecule has 1 aromatic heterocycles. The third-order valence-corrected chi connectivity index (χ3v) is 3.86. The number of fused-ring (bicyclic) bond motifs is 1. The third-order valence-electron chi connectivity index (χ3n) is 3.52. The summed E-state index contributed by atoms with van der Waals surface area (Å²) in [6.07, 6.45) is 6.90. The molecule has 0 amide bonds. The van der Waals surface area contributed by atoms with Crippen LogP contribution >= 0.6 is 12.2 Å². The van der Waals surface area contributed by atoms with Crippen molar-refractivity contribution < 1.29 is 4.74 Å². The van der Waals surface area contributed by atoms with Gasteiger partial charge in [-0.2, -0.15) is 0 Å². The van der Waals surface area contributed by atoms with Crippen LogP contribution in [0.15, 0.2) is 0 Å². The Morgan fingerprint density at radius 1 is 1.28 bits per heavy atom. The van der Waals surface area contributed by atoms with Gasteiger partial charge >= 0.3 is 0 Å². The second kappa shape index (κ2) is 6.43. The molecule has 0 aliphatic heterocycles. The summed E-state index contributed by atoms with van der Waals surface area (Å²) in [5, 5.41) is 0. The molecule has 2 rings (SSSR count). The molecule has 1 heterocycles. The predicted octanol–water partition coefficient (Wildman–Crippen LogP) is 3.90. The Balaban J connectivity index is 2.36. The fourth-order valence-corrected chi connectivity index (χ4v) is 2.88. The van der Waals surface area contributed by atoms with Crippen LogP contribution in [0.1, 0.15) is 62.7 Å². The van der Waals surface area contributed by atoms with E-state index in [1.54, 1.807) is 0 Å². The standard InChI is InChI=1S/C14H22N2OS/c1-3-12(17-4-2)13-15-11-9-7-5-6-8-10(11)14(18)16-13/h12H,3-9H2,1-2H3,(H,15,16,18). The predicted molar refractivity (Wildman–Crippen MR) is 75.3 cm³/mol. The lowest BCUT2D eigenvalue weighted by molar-refractivity contribution is 0.0532. The van der Waals surface area contributed by atoms with Crippen LogP contribution in [0.4, 0.5) is 0 Å². The molecule has 0 spiro atoms. The minimum Gasteiger partial charge on any atom is -0.371 e. The van der Waals surface area contributed by atoms with Crippen molar-refractivity contribution in [2.24, 2.45) is 0 Å². The molecule has 1 aliphatic rings. The Kier molecular flexibility index (Phi) is 4.89. The van der Waals surface area contributed by atoms with E-state index in [0.717, 1.165) is 29.7 Å². The molecule has 1 atom stereocenters. The topological polar surface area (TPSA) is 37.9 Å². The zero-order valence-electron chi connectivity index (χ0n) is 11.3. The highest BCUT2D eigenvalue weighted by molar-refractivity contribution is 7.71. The van der Waals surface area contributed by atoms with Crippen LogP contribution in [0.3, 0.4) is 0 Å². The minimum atomic E-state index is 0.0465. The van der Waals surface area contributed by atoms with E-state index in [2.05, 4.69) is 16.9 Å². The van der Waals surface area contributed by atoms with Crippen molar-refractivity contribution in [2.45, 2.75) is 58.5 Å². The smallest absolute Gasteiger partial charge is 0.137 e. The molecule has 0 bridgehead atoms. The van der Waals surface area contributed by atoms with Crippen molar-refractivity contribution >= 4 is 12.2 Å². The number of H-pyrrole nitrogens is 1. The van der Waals surface area contributed by atoms with E-state index in [9.17, 15) is 0 Å². The van der Waals surface area contributed by atoms with Crippen LogP contribution in [0.2, 0.25) is 0 Å². The summed E-state index contributed by atoms with van der Waals surface area (Å²) in [6.45, 7) is 4.84. The Hall–Kier alpha value is -0.740. The Morgan fingerprint density at radius 2 is 2.06 bits per heavy atom. The van der Waals surface area contributed by atoms with Crippen LogP contribution in [0.25, 0.3) is 0 Å². The van der Waals surface area contributed by atoms with E-state index < -0.39 is 0 Å². The van der Waals surface area contributed by atoms with Crippen LogP contribution in [-0.4, -0.2) is 16.6 Å². The van der Waals surface area contributed by atoms with Crippen molar-refractivity contribution in [3.05, 3.63) is 21.7 Å². The van der Waals surface area contributed by atoms with Crippen molar-refractivity contribution in [1.82, 2.24) is 9.97 Å². The first kappa shape index (κ1) is 13.7. The van der Waals surface area contributed by atoms with E-state index in [0.29, 0.717) is 6.61 Å². The maximum Gasteiger partial charge on any atom is 0.137 e. The van der Waals surface area contributed by atoms with Gasteiger partial charge in [0.1, 0.15) is 16.6 Å². The van der Waals surface area contributed by atoms with Gasteiger partial charge in [0, 0.05) is 17.9 Å². The van der Waals surface area contributed by atoms with Gasteiger partial charge in [-0.05, 0) is 39.0 Å². The lowest BCUT2D eigenvalue weighted by Gasteiger charge is -2.16. The summed E-state index contributed by atoms with van der Waals surface area (Å²) in [5.74, 6) is 0.907. The van der Waals surface area contributed by atoms with Gasteiger partial charge in [0.15, 0.2) is 0 Å². The number of hydrogen-bond donors (Lipinski definition) is 1. The minimum absolute atomic E-state index is 0.0465. The number of aromatic nitrogens is 2. The Labute approximate surface area is 114 Å². The van der Waals surface area contributed by atoms with E-state index in [-0.39, 0.29) is 6.10 Å². The normalized spacial score (nSPS) is 17.0. The van der Waals surface area contributed by atoms with Crippen LogP contribution in [0, 0.1) is 4.64 Å². The number of ether oxygens (including phenoxy) is 1. The summed E-state index contributed by atoms with van der Waals surface area (Å²) in [4.78, 5) is 8.03. The molecule has 0 saturated carbocycles. The Morgan fingerprint density at radius 3 is 2.78 bits per heavy atom. The van der Waals surface area contributed by atoms with Crippen molar-refractivity contribution in [3.63, 3.8) is 0 Å². The number of aromatic amines is 1. The largest absolute Gasteiger partial charge is 0.371 e. The molecule has 1 aliphatic carbocycles. The highest BCUT2D eigenvalue weighted by Crippen LogP contribution is 2.23. The molecule has 1 aromatic rings. The maximum absolute atomic E-state index is 5.71. The molecule has 3 nitrogen and oxygen atoms in total. The van der Waals surface area contributed by atoms with Gasteiger partial charge in [-0.3, -0.25) is 0 Å². The second-order valence-corrected chi connectivity index (χ2v) is 5.18. The quantitative estimate of drug-likeness (QED) is 0.663. The highest BCUT2D eigenvalue weighted by atomic mass is 32.1. The van der Waals surface area contributed by atoms with E-state index in [4.69, 9.17) is 17.0 Å². The zero-order chi connectivity index (χ0) is 13.0. The van der Waals surface area contributed by atoms with Crippen molar-refractivity contribution in [2.75, 3.05) is 6.61 Å². The molecule has 1 unspecified atom stereocenters. The molecule has 1 N–H and O–H groups in total. The molecule has 100 valence electrons. The number of rotatable bonds is 4. The average molecular weight is 266 g/mol. The average Bonchev–Trinajstić information content (AvgIpc) is 2.61. The van der Waals surface area contributed by atoms with Gasteiger partial charge < -0.3 is 9.72 Å². The van der Waals surface area contributed by atoms with Crippen molar-refractivity contribution in [1.29, 1.82) is 0 Å². The summed E-state index contributed by atoms with van der Waals surface area (Å²) in [7, 11) is 0. The van der Waals surface area contributed by atoms with Gasteiger partial charge in [-0.1, -0.05) is 25.6 Å². The summed E-state index contributed by atoms with van der Waals surface area (Å²) < 4.78 is 6.49. The summed E-state index contributed by atoms with van der Waals surface area (Å²) >= 11 is 5.45. The highest BCUT2D eigenvalue weighted by Gasteiger charge is 2.16. The van der Waals surface area contributed by atoms with Crippen LogP contribution < -0.4 is 0 Å². The molecule has 4 heteroatoms. The van der Waals surface area contributed by atoms with Crippen LogP contribution in [-0.2, 0) is 17.6 Å². The first-order chi connectivity index (χ1) is 8.76. The van der Waals surface area contributed by atoms with E-state index in [1.165, 1.54) is 30.5 Å². The zero-order valence-corrected chi connectivity index (χ0v) is 12.1. The van der Waals surface area contributed by atoms with Gasteiger partial charge in [0.05, 0.1) is 0 Å². The first-order valence-corrected chi connectivity index (χ1v) is 7.40. The first-order valence-electron chi connectivity index (χ1n) is 6.99. The molecule has 0 radical (unpaired) electrons. The number of aryl methyl sites for hydroxylation is 1. The summed E-state index contributed by atoms with van der Waals surface area (Å²) in [6, 6.07) is 0. The van der Waals surface area contributed by atoms with E-state index >= 15 is 0 Å². The lowest BCUT2D eigenvalue weighted by Crippen LogP contribution is -2.11. The SMILES string of the molecule is CCOC(CC)c1nc(=S)c2c([nH]1)CCCCC2. The van der Waals surface area contributed by atoms with E-state index in [1.807, 2.05) is 6.92 Å². The van der Waals surface area contributed by atoms with Gasteiger partial charge in [-0.25, -0.2) is 4.98 Å². The monoisotopic (exact) mass is 266 g/mol. The fourth-order valence-electron chi connectivity index (χ4n) is 2.56. The molecule has 18 heavy (non-hydrogen) atoms. The van der Waals surface area contributed by atoms with Gasteiger partial charge in [0.25, 0.3) is 0 Å². The number of nitrogens with zero attached hydrogens (tertiary/aromatic N) is 1. The lowest BCUT2D eigenvalue weighted by atomic mass is 10.1. The van der Waals surface area contributed by atoms with Gasteiger partial charge in [0.2, 0.25) is 0 Å². The number of hydrogen-bond acceptors (Lipinski definition) is 3. The van der Waals surface area contributed by atoms with Gasteiger partial charge in [-0.15, -0.1) is 0 Å².